The van der Waals surface area contributed by atoms with Crippen LogP contribution in [0.25, 0.3) is 6.08 Å². The van der Waals surface area contributed by atoms with E-state index in [-0.39, 0.29) is 0 Å². The summed E-state index contributed by atoms with van der Waals surface area (Å²) in [6.07, 6.45) is 4.89. The zero-order valence-corrected chi connectivity index (χ0v) is 8.15. The van der Waals surface area contributed by atoms with Crippen LogP contribution in [0.4, 0.5) is 0 Å². The highest BCUT2D eigenvalue weighted by Gasteiger charge is 1.91. The predicted molar refractivity (Wildman–Crippen MR) is 55.8 cm³/mol. The van der Waals surface area contributed by atoms with Crippen LogP contribution in [-0.4, -0.2) is 5.88 Å². The van der Waals surface area contributed by atoms with Gasteiger partial charge in [-0.2, -0.15) is 0 Å². The lowest BCUT2D eigenvalue weighted by atomic mass is 10.2. The molecule has 1 aromatic rings. The fourth-order valence-corrected chi connectivity index (χ4v) is 1.21. The first-order valence-corrected chi connectivity index (χ1v) is 4.73. The minimum Gasteiger partial charge on any atom is -0.126 e. The van der Waals surface area contributed by atoms with Crippen LogP contribution in [0.2, 0.25) is 5.02 Å². The van der Waals surface area contributed by atoms with Gasteiger partial charge in [0.05, 0.1) is 0 Å². The molecule has 0 aliphatic carbocycles. The van der Waals surface area contributed by atoms with Crippen molar-refractivity contribution in [1.29, 1.82) is 0 Å². The molecular formula is C10H10Cl2. The van der Waals surface area contributed by atoms with E-state index in [1.54, 1.807) is 0 Å². The molecular weight excluding hydrogens is 191 g/mol. The fourth-order valence-electron chi connectivity index (χ4n) is 0.884. The van der Waals surface area contributed by atoms with Crippen molar-refractivity contribution in [2.45, 2.75) is 6.42 Å². The third-order valence-corrected chi connectivity index (χ3v) is 2.04. The van der Waals surface area contributed by atoms with Crippen molar-refractivity contribution in [3.63, 3.8) is 0 Å². The monoisotopic (exact) mass is 200 g/mol. The quantitative estimate of drug-likeness (QED) is 0.648. The lowest BCUT2D eigenvalue weighted by Gasteiger charge is -1.95. The van der Waals surface area contributed by atoms with Crippen molar-refractivity contribution >= 4 is 29.3 Å². The number of alkyl halides is 1. The van der Waals surface area contributed by atoms with Crippen LogP contribution in [0.15, 0.2) is 30.3 Å². The lowest BCUT2D eigenvalue weighted by molar-refractivity contribution is 1.24. The molecule has 1 rings (SSSR count). The van der Waals surface area contributed by atoms with Crippen LogP contribution in [0.1, 0.15) is 12.0 Å². The van der Waals surface area contributed by atoms with E-state index < -0.39 is 0 Å². The van der Waals surface area contributed by atoms with Crippen LogP contribution in [0.3, 0.4) is 0 Å². The number of hydrogen-bond donors (Lipinski definition) is 0. The van der Waals surface area contributed by atoms with Crippen LogP contribution < -0.4 is 0 Å². The summed E-state index contributed by atoms with van der Waals surface area (Å²) >= 11 is 11.4. The third-order valence-electron chi connectivity index (χ3n) is 1.48. The summed E-state index contributed by atoms with van der Waals surface area (Å²) in [6.45, 7) is 0. The molecule has 0 radical (unpaired) electrons. The topological polar surface area (TPSA) is 0 Å². The SMILES string of the molecule is ClCCC=Cc1ccccc1Cl. The Kier molecular flexibility index (Phi) is 4.20. The van der Waals surface area contributed by atoms with Gasteiger partial charge in [-0.3, -0.25) is 0 Å². The second-order valence-corrected chi connectivity index (χ2v) is 3.19. The molecule has 0 aliphatic rings. The minimum atomic E-state index is 0.654. The van der Waals surface area contributed by atoms with Gasteiger partial charge in [0.15, 0.2) is 0 Å². The Bertz CT molecular complexity index is 266. The van der Waals surface area contributed by atoms with Gasteiger partial charge in [0.1, 0.15) is 0 Å². The lowest BCUT2D eigenvalue weighted by Crippen LogP contribution is -1.73. The molecule has 0 N–H and O–H groups in total. The van der Waals surface area contributed by atoms with Crippen LogP contribution in [0, 0.1) is 0 Å². The fraction of sp³-hybridized carbons (Fsp3) is 0.200. The standard InChI is InChI=1S/C10H10Cl2/c11-8-4-3-6-9-5-1-2-7-10(9)12/h1-3,5-7H,4,8H2. The Balaban J connectivity index is 2.68. The third kappa shape index (κ3) is 2.88. The van der Waals surface area contributed by atoms with Gasteiger partial charge in [0.2, 0.25) is 0 Å². The van der Waals surface area contributed by atoms with Gasteiger partial charge in [-0.1, -0.05) is 42.0 Å². The first-order chi connectivity index (χ1) is 5.84. The van der Waals surface area contributed by atoms with E-state index in [9.17, 15) is 0 Å². The van der Waals surface area contributed by atoms with Crippen LogP contribution >= 0.6 is 23.2 Å². The first kappa shape index (κ1) is 9.63. The van der Waals surface area contributed by atoms with Crippen molar-refractivity contribution in [3.05, 3.63) is 40.9 Å². The molecule has 12 heavy (non-hydrogen) atoms. The highest BCUT2D eigenvalue weighted by Crippen LogP contribution is 2.16. The maximum absolute atomic E-state index is 5.92. The Morgan fingerprint density at radius 2 is 2.00 bits per heavy atom. The molecule has 0 nitrogen and oxygen atoms in total. The van der Waals surface area contributed by atoms with Crippen molar-refractivity contribution in [1.82, 2.24) is 0 Å². The average Bonchev–Trinajstić information content (AvgIpc) is 2.09. The van der Waals surface area contributed by atoms with E-state index >= 15 is 0 Å². The summed E-state index contributed by atoms with van der Waals surface area (Å²) in [4.78, 5) is 0. The van der Waals surface area contributed by atoms with Gasteiger partial charge in [0.25, 0.3) is 0 Å². The Morgan fingerprint density at radius 3 is 2.67 bits per heavy atom. The molecule has 0 aliphatic heterocycles. The second kappa shape index (κ2) is 5.23. The molecule has 1 aromatic carbocycles. The van der Waals surface area contributed by atoms with Gasteiger partial charge in [-0.05, 0) is 18.1 Å². The predicted octanol–water partition coefficient (Wildman–Crippen LogP) is 3.98. The Morgan fingerprint density at radius 1 is 1.25 bits per heavy atom. The van der Waals surface area contributed by atoms with Crippen LogP contribution in [0.5, 0.6) is 0 Å². The van der Waals surface area contributed by atoms with E-state index in [0.717, 1.165) is 17.0 Å². The largest absolute Gasteiger partial charge is 0.126 e. The van der Waals surface area contributed by atoms with Crippen molar-refractivity contribution in [2.75, 3.05) is 5.88 Å². The number of benzene rings is 1. The van der Waals surface area contributed by atoms with Crippen molar-refractivity contribution in [2.24, 2.45) is 0 Å². The van der Waals surface area contributed by atoms with E-state index in [0.29, 0.717) is 5.88 Å². The maximum Gasteiger partial charge on any atom is 0.0478 e. The van der Waals surface area contributed by atoms with E-state index in [2.05, 4.69) is 0 Å². The molecule has 0 atom stereocenters. The molecule has 0 unspecified atom stereocenters. The Hall–Kier alpha value is -0.460. The van der Waals surface area contributed by atoms with Gasteiger partial charge in [-0.15, -0.1) is 11.6 Å². The number of halogens is 2. The van der Waals surface area contributed by atoms with Gasteiger partial charge < -0.3 is 0 Å². The van der Waals surface area contributed by atoms with Gasteiger partial charge >= 0.3 is 0 Å². The molecule has 0 amide bonds. The molecule has 0 saturated carbocycles. The highest BCUT2D eigenvalue weighted by molar-refractivity contribution is 6.32. The summed E-state index contributed by atoms with van der Waals surface area (Å²) in [7, 11) is 0. The maximum atomic E-state index is 5.92. The number of allylic oxidation sites excluding steroid dienone is 1. The molecule has 0 bridgehead atoms. The first-order valence-electron chi connectivity index (χ1n) is 3.81. The molecule has 0 heterocycles. The van der Waals surface area contributed by atoms with Gasteiger partial charge in [0, 0.05) is 10.9 Å². The Labute approximate surface area is 82.8 Å². The van der Waals surface area contributed by atoms with E-state index in [1.165, 1.54) is 0 Å². The van der Waals surface area contributed by atoms with Crippen LogP contribution in [-0.2, 0) is 0 Å². The van der Waals surface area contributed by atoms with Crippen molar-refractivity contribution < 1.29 is 0 Å². The summed E-state index contributed by atoms with van der Waals surface area (Å²) in [5, 5.41) is 0.781. The number of rotatable bonds is 3. The van der Waals surface area contributed by atoms with Gasteiger partial charge in [-0.25, -0.2) is 0 Å². The van der Waals surface area contributed by atoms with Crippen molar-refractivity contribution in [3.8, 4) is 0 Å². The minimum absolute atomic E-state index is 0.654. The molecule has 0 fully saturated rings. The zero-order valence-electron chi connectivity index (χ0n) is 6.63. The molecule has 0 aromatic heterocycles. The zero-order chi connectivity index (χ0) is 8.81. The summed E-state index contributed by atoms with van der Waals surface area (Å²) in [5.41, 5.74) is 1.05. The summed E-state index contributed by atoms with van der Waals surface area (Å²) < 4.78 is 0. The number of hydrogen-bond acceptors (Lipinski definition) is 0. The normalized spacial score (nSPS) is 10.8. The van der Waals surface area contributed by atoms with E-state index in [4.69, 9.17) is 23.2 Å². The van der Waals surface area contributed by atoms with E-state index in [1.807, 2.05) is 36.4 Å². The second-order valence-electron chi connectivity index (χ2n) is 2.40. The molecule has 0 spiro atoms. The summed E-state index contributed by atoms with van der Waals surface area (Å²) in [6, 6.07) is 7.74. The molecule has 2 heteroatoms. The molecule has 0 saturated heterocycles. The highest BCUT2D eigenvalue weighted by atomic mass is 35.5. The average molecular weight is 201 g/mol. The molecule has 64 valence electrons. The smallest absolute Gasteiger partial charge is 0.0478 e. The summed E-state index contributed by atoms with van der Waals surface area (Å²) in [5.74, 6) is 0.654.